The van der Waals surface area contributed by atoms with Crippen LogP contribution in [0.15, 0.2) is 182 Å². The molecule has 51 heavy (non-hydrogen) atoms. The van der Waals surface area contributed by atoms with Crippen molar-refractivity contribution < 1.29 is 13.9 Å². The number of fused-ring (bicyclic) bond motifs is 3. The molecular formula is C46H32N4O+4. The Morgan fingerprint density at radius 3 is 2.20 bits per heavy atom. The summed E-state index contributed by atoms with van der Waals surface area (Å²) in [6.07, 6.45) is 14.2. The summed E-state index contributed by atoms with van der Waals surface area (Å²) < 4.78 is 14.7. The fourth-order valence-corrected chi connectivity index (χ4v) is 6.79. The summed E-state index contributed by atoms with van der Waals surface area (Å²) in [5.74, 6) is 1.47. The lowest BCUT2D eigenvalue weighted by molar-refractivity contribution is -0.429. The fourth-order valence-electron chi connectivity index (χ4n) is 6.79. The third kappa shape index (κ3) is 5.62. The highest BCUT2D eigenvalue weighted by atomic mass is 16.5. The zero-order valence-electron chi connectivity index (χ0n) is 27.9. The first-order valence-corrected chi connectivity index (χ1v) is 16.9. The van der Waals surface area contributed by atoms with Gasteiger partial charge in [-0.15, -0.1) is 5.73 Å². The Bertz CT molecular complexity index is 2730. The van der Waals surface area contributed by atoms with Crippen LogP contribution in [0.25, 0.3) is 27.5 Å². The van der Waals surface area contributed by atoms with Crippen LogP contribution in [0.1, 0.15) is 5.56 Å². The maximum atomic E-state index is 6.47. The summed E-state index contributed by atoms with van der Waals surface area (Å²) in [4.78, 5) is 0. The summed E-state index contributed by atoms with van der Waals surface area (Å²) in [6, 6.07) is 53.4. The van der Waals surface area contributed by atoms with Gasteiger partial charge in [0, 0.05) is 18.2 Å². The van der Waals surface area contributed by atoms with E-state index < -0.39 is 0 Å². The number of nitrogens with zero attached hydrogens (tertiary/aromatic N) is 4. The fraction of sp³-hybridized carbons (Fsp3) is 0.0217. The Morgan fingerprint density at radius 2 is 1.35 bits per heavy atom. The molecule has 0 aromatic heterocycles. The summed E-state index contributed by atoms with van der Waals surface area (Å²) in [7, 11) is 1.96. The van der Waals surface area contributed by atoms with Crippen LogP contribution in [0.5, 0.6) is 11.5 Å². The molecule has 0 radical (unpaired) electrons. The van der Waals surface area contributed by atoms with Gasteiger partial charge in [0.25, 0.3) is 11.9 Å². The second-order valence-electron chi connectivity index (χ2n) is 12.4. The monoisotopic (exact) mass is 656 g/mol. The van der Waals surface area contributed by atoms with Crippen molar-refractivity contribution in [3.8, 4) is 22.6 Å². The Balaban J connectivity index is 1.24. The van der Waals surface area contributed by atoms with Crippen LogP contribution in [0.3, 0.4) is 0 Å². The number of hydrogen-bond donors (Lipinski definition) is 0. The molecule has 0 fully saturated rings. The van der Waals surface area contributed by atoms with Crippen molar-refractivity contribution in [2.24, 2.45) is 0 Å². The van der Waals surface area contributed by atoms with Gasteiger partial charge in [0.05, 0.1) is 28.6 Å². The predicted octanol–water partition coefficient (Wildman–Crippen LogP) is 10.8. The van der Waals surface area contributed by atoms with Gasteiger partial charge in [0.1, 0.15) is 11.5 Å². The summed E-state index contributed by atoms with van der Waals surface area (Å²) in [6.45, 7) is 0. The van der Waals surface area contributed by atoms with E-state index in [0.717, 1.165) is 73.0 Å². The van der Waals surface area contributed by atoms with Gasteiger partial charge < -0.3 is 4.74 Å². The highest BCUT2D eigenvalue weighted by Crippen LogP contribution is 2.46. The molecular weight excluding hydrogens is 625 g/mol. The van der Waals surface area contributed by atoms with Crippen LogP contribution >= 0.6 is 0 Å². The van der Waals surface area contributed by atoms with E-state index in [1.807, 2.05) is 83.2 Å². The molecule has 1 aliphatic carbocycles. The van der Waals surface area contributed by atoms with Crippen molar-refractivity contribution in [1.82, 2.24) is 9.15 Å². The van der Waals surface area contributed by atoms with Gasteiger partial charge in [0.15, 0.2) is 7.05 Å². The third-order valence-corrected chi connectivity index (χ3v) is 9.14. The molecule has 6 aromatic rings. The average Bonchev–Trinajstić information content (AvgIpc) is 3.69. The molecule has 6 aromatic carbocycles. The molecule has 0 saturated carbocycles. The van der Waals surface area contributed by atoms with Gasteiger partial charge in [-0.3, -0.25) is 0 Å². The van der Waals surface area contributed by atoms with Crippen molar-refractivity contribution in [2.75, 3.05) is 7.05 Å². The van der Waals surface area contributed by atoms with E-state index >= 15 is 0 Å². The molecule has 0 atom stereocenters. The van der Waals surface area contributed by atoms with Crippen LogP contribution in [-0.4, -0.2) is 28.2 Å². The van der Waals surface area contributed by atoms with Crippen LogP contribution in [0.4, 0.5) is 28.4 Å². The minimum Gasteiger partial charge on any atom is -0.457 e. The summed E-state index contributed by atoms with van der Waals surface area (Å²) in [5, 5.41) is 2.31. The van der Waals surface area contributed by atoms with Gasteiger partial charge in [0.2, 0.25) is 23.3 Å². The molecule has 238 valence electrons. The van der Waals surface area contributed by atoms with Crippen molar-refractivity contribution in [1.29, 1.82) is 0 Å². The van der Waals surface area contributed by atoms with E-state index in [2.05, 4.69) is 136 Å². The molecule has 5 nitrogen and oxygen atoms in total. The number of rotatable bonds is 7. The Hall–Kier alpha value is -7.12. The highest BCUT2D eigenvalue weighted by molar-refractivity contribution is 6.05. The molecule has 5 heteroatoms. The topological polar surface area (TPSA) is 21.3 Å². The summed E-state index contributed by atoms with van der Waals surface area (Å²) in [5.41, 5.74) is 12.7. The Kier molecular flexibility index (Phi) is 7.48. The lowest BCUT2D eigenvalue weighted by atomic mass is 9.94. The Morgan fingerprint density at radius 1 is 0.588 bits per heavy atom. The third-order valence-electron chi connectivity index (χ3n) is 9.14. The van der Waals surface area contributed by atoms with E-state index in [-0.39, 0.29) is 0 Å². The van der Waals surface area contributed by atoms with Gasteiger partial charge in [-0.05, 0) is 80.3 Å². The number of para-hydroxylation sites is 1. The van der Waals surface area contributed by atoms with E-state index in [1.54, 1.807) is 0 Å². The molecule has 2 aliphatic heterocycles. The molecule has 0 unspecified atom stereocenters. The van der Waals surface area contributed by atoms with Crippen molar-refractivity contribution >= 4 is 56.8 Å². The molecule has 0 saturated heterocycles. The minimum atomic E-state index is 0.729. The number of ether oxygens (including phenoxy) is 1. The van der Waals surface area contributed by atoms with Gasteiger partial charge in [-0.2, -0.15) is 0 Å². The molecule has 0 N–H and O–H groups in total. The highest BCUT2D eigenvalue weighted by Gasteiger charge is 2.41. The normalized spacial score (nSPS) is 14.1. The van der Waals surface area contributed by atoms with Crippen LogP contribution in [0.2, 0.25) is 0 Å². The zero-order valence-corrected chi connectivity index (χ0v) is 27.9. The Labute approximate surface area is 296 Å². The molecule has 2 heterocycles. The van der Waals surface area contributed by atoms with E-state index in [0.29, 0.717) is 0 Å². The van der Waals surface area contributed by atoms with E-state index in [1.165, 1.54) is 0 Å². The number of allylic oxidation sites excluding steroid dienone is 5. The van der Waals surface area contributed by atoms with Crippen LogP contribution in [0, 0.1) is 0 Å². The summed E-state index contributed by atoms with van der Waals surface area (Å²) >= 11 is 0. The smallest absolute Gasteiger partial charge is 0.457 e. The molecule has 0 spiro atoms. The molecule has 9 rings (SSSR count). The molecule has 3 aliphatic rings. The van der Waals surface area contributed by atoms with Gasteiger partial charge >= 0.3 is 17.7 Å². The minimum absolute atomic E-state index is 0.729. The maximum absolute atomic E-state index is 6.47. The van der Waals surface area contributed by atoms with Crippen molar-refractivity contribution in [2.45, 2.75) is 0 Å². The zero-order chi connectivity index (χ0) is 34.1. The van der Waals surface area contributed by atoms with Crippen LogP contribution < -0.4 is 13.9 Å². The maximum Gasteiger partial charge on any atom is 0.503 e. The second kappa shape index (κ2) is 12.7. The first-order chi connectivity index (χ1) is 25.2. The van der Waals surface area contributed by atoms with E-state index in [9.17, 15) is 0 Å². The lowest BCUT2D eigenvalue weighted by Crippen LogP contribution is -2.06. The molecule has 0 amide bonds. The number of hydrogen-bond acceptors (Lipinski definition) is 1. The second-order valence-corrected chi connectivity index (χ2v) is 12.4. The lowest BCUT2D eigenvalue weighted by Gasteiger charge is -2.11. The largest absolute Gasteiger partial charge is 0.503 e. The standard InChI is InChI=1S/C46H32N4O/c1-47-28-29-48(32-47)37-19-11-21-39(30-37)51-40-22-12-20-38(31-40)49-33-50(46-43-23-10-9-18-36(43)26-27-44(46)49)45-41(34-14-5-2-3-6-15-34)24-13-25-42(45)35-16-7-4-8-17-35/h2,4-31H,1H3/q+4. The van der Waals surface area contributed by atoms with E-state index in [4.69, 9.17) is 4.74 Å². The SMILES string of the molecule is C[N+]1=C=[N+](c2cccc(Oc3cccc([N+]4=C=[N+](c5c(C6=CC=C=CC=C6)cccc5-c5ccccc5)c5c4ccc4ccccc54)c3)c2)C=C1. The van der Waals surface area contributed by atoms with Gasteiger partial charge in [-0.1, -0.05) is 88.0 Å². The first kappa shape index (κ1) is 30.0. The quantitative estimate of drug-likeness (QED) is 0.124. The average molecular weight is 657 g/mol. The van der Waals surface area contributed by atoms with Crippen LogP contribution in [-0.2, 0) is 0 Å². The van der Waals surface area contributed by atoms with Crippen molar-refractivity contribution in [3.63, 3.8) is 0 Å². The van der Waals surface area contributed by atoms with Gasteiger partial charge in [-0.25, -0.2) is 0 Å². The van der Waals surface area contributed by atoms with Crippen molar-refractivity contribution in [3.05, 3.63) is 188 Å². The predicted molar refractivity (Wildman–Crippen MR) is 207 cm³/mol. The number of benzene rings is 6. The molecule has 0 bridgehead atoms. The first-order valence-electron chi connectivity index (χ1n) is 16.9.